The van der Waals surface area contributed by atoms with Crippen LogP contribution in [0.4, 0.5) is 0 Å². The SMILES string of the molecule is C=CC1=CCN(CCCC)C=C1. The third-order valence-electron chi connectivity index (χ3n) is 2.07. The number of hydrogen-bond donors (Lipinski definition) is 0. The Morgan fingerprint density at radius 3 is 3.00 bits per heavy atom. The summed E-state index contributed by atoms with van der Waals surface area (Å²) in [6, 6.07) is 0. The van der Waals surface area contributed by atoms with Crippen LogP contribution >= 0.6 is 0 Å². The largest absolute Gasteiger partial charge is 0.374 e. The van der Waals surface area contributed by atoms with Crippen LogP contribution in [0.1, 0.15) is 19.8 Å². The molecule has 0 fully saturated rings. The Morgan fingerprint density at radius 2 is 2.50 bits per heavy atom. The van der Waals surface area contributed by atoms with Gasteiger partial charge in [0.1, 0.15) is 0 Å². The standard InChI is InChI=1S/C11H17N/c1-3-5-8-12-9-6-11(4-2)7-10-12/h4,6-7,9H,2-3,5,8,10H2,1H3. The number of rotatable bonds is 4. The van der Waals surface area contributed by atoms with Gasteiger partial charge in [-0.05, 0) is 24.3 Å². The van der Waals surface area contributed by atoms with Gasteiger partial charge in [0.2, 0.25) is 0 Å². The number of hydrogen-bond acceptors (Lipinski definition) is 1. The van der Waals surface area contributed by atoms with Crippen LogP contribution in [0.25, 0.3) is 0 Å². The van der Waals surface area contributed by atoms with Crippen LogP contribution in [0.15, 0.2) is 36.6 Å². The zero-order valence-electron chi connectivity index (χ0n) is 7.79. The van der Waals surface area contributed by atoms with Gasteiger partial charge in [-0.3, -0.25) is 0 Å². The van der Waals surface area contributed by atoms with Gasteiger partial charge in [-0.2, -0.15) is 0 Å². The van der Waals surface area contributed by atoms with Crippen molar-refractivity contribution in [3.05, 3.63) is 36.6 Å². The third-order valence-corrected chi connectivity index (χ3v) is 2.07. The van der Waals surface area contributed by atoms with Crippen LogP contribution in [-0.2, 0) is 0 Å². The van der Waals surface area contributed by atoms with Gasteiger partial charge in [-0.1, -0.05) is 32.1 Å². The molecule has 0 N–H and O–H groups in total. The number of nitrogens with zero attached hydrogens (tertiary/aromatic N) is 1. The van der Waals surface area contributed by atoms with Crippen LogP contribution in [0.3, 0.4) is 0 Å². The molecule has 1 rings (SSSR count). The minimum Gasteiger partial charge on any atom is -0.374 e. The van der Waals surface area contributed by atoms with E-state index in [1.165, 1.54) is 25.0 Å². The molecular formula is C11H17N. The van der Waals surface area contributed by atoms with E-state index < -0.39 is 0 Å². The first-order valence-electron chi connectivity index (χ1n) is 4.61. The average molecular weight is 163 g/mol. The van der Waals surface area contributed by atoms with E-state index in [0.29, 0.717) is 0 Å². The first-order valence-corrected chi connectivity index (χ1v) is 4.61. The lowest BCUT2D eigenvalue weighted by Crippen LogP contribution is -2.20. The van der Waals surface area contributed by atoms with Crippen molar-refractivity contribution in [2.24, 2.45) is 0 Å². The van der Waals surface area contributed by atoms with E-state index in [1.54, 1.807) is 0 Å². The molecule has 0 aromatic heterocycles. The quantitative estimate of drug-likeness (QED) is 0.616. The van der Waals surface area contributed by atoms with Crippen LogP contribution in [0, 0.1) is 0 Å². The maximum Gasteiger partial charge on any atom is 0.0362 e. The molecule has 1 heterocycles. The van der Waals surface area contributed by atoms with Crippen molar-refractivity contribution in [2.45, 2.75) is 19.8 Å². The first kappa shape index (κ1) is 9.11. The van der Waals surface area contributed by atoms with E-state index in [2.05, 4.69) is 36.8 Å². The second-order valence-corrected chi connectivity index (χ2v) is 3.07. The predicted molar refractivity (Wildman–Crippen MR) is 53.9 cm³/mol. The molecular weight excluding hydrogens is 146 g/mol. The minimum atomic E-state index is 1.04. The van der Waals surface area contributed by atoms with E-state index in [9.17, 15) is 0 Å². The van der Waals surface area contributed by atoms with Crippen LogP contribution in [0.5, 0.6) is 0 Å². The molecule has 1 aliphatic rings. The highest BCUT2D eigenvalue weighted by Gasteiger charge is 2.00. The van der Waals surface area contributed by atoms with E-state index >= 15 is 0 Å². The van der Waals surface area contributed by atoms with Gasteiger partial charge in [0.25, 0.3) is 0 Å². The minimum absolute atomic E-state index is 1.04. The first-order chi connectivity index (χ1) is 5.86. The van der Waals surface area contributed by atoms with Gasteiger partial charge in [0, 0.05) is 13.1 Å². The van der Waals surface area contributed by atoms with Crippen molar-refractivity contribution in [3.63, 3.8) is 0 Å². The van der Waals surface area contributed by atoms with Crippen molar-refractivity contribution in [3.8, 4) is 0 Å². The number of allylic oxidation sites excluding steroid dienone is 3. The Kier molecular flexibility index (Phi) is 3.65. The topological polar surface area (TPSA) is 3.24 Å². The monoisotopic (exact) mass is 163 g/mol. The molecule has 1 nitrogen and oxygen atoms in total. The van der Waals surface area contributed by atoms with Crippen molar-refractivity contribution in [2.75, 3.05) is 13.1 Å². The summed E-state index contributed by atoms with van der Waals surface area (Å²) >= 11 is 0. The van der Waals surface area contributed by atoms with Crippen molar-refractivity contribution >= 4 is 0 Å². The smallest absolute Gasteiger partial charge is 0.0362 e. The molecule has 0 radical (unpaired) electrons. The molecule has 0 amide bonds. The molecule has 0 bridgehead atoms. The summed E-state index contributed by atoms with van der Waals surface area (Å²) in [6.07, 6.45) is 10.9. The molecule has 1 heteroatoms. The van der Waals surface area contributed by atoms with Gasteiger partial charge in [-0.15, -0.1) is 0 Å². The van der Waals surface area contributed by atoms with Gasteiger partial charge >= 0.3 is 0 Å². The average Bonchev–Trinajstić information content (AvgIpc) is 2.15. The predicted octanol–water partition coefficient (Wildman–Crippen LogP) is 2.73. The molecule has 0 atom stereocenters. The van der Waals surface area contributed by atoms with Gasteiger partial charge in [0.15, 0.2) is 0 Å². The third kappa shape index (κ3) is 2.57. The molecule has 0 spiro atoms. The molecule has 0 unspecified atom stereocenters. The Morgan fingerprint density at radius 1 is 1.67 bits per heavy atom. The summed E-state index contributed by atoms with van der Waals surface area (Å²) in [7, 11) is 0. The Bertz CT molecular complexity index is 201. The summed E-state index contributed by atoms with van der Waals surface area (Å²) < 4.78 is 0. The normalized spacial score (nSPS) is 16.1. The maximum absolute atomic E-state index is 3.73. The van der Waals surface area contributed by atoms with Crippen LogP contribution < -0.4 is 0 Å². The molecule has 0 aromatic rings. The zero-order chi connectivity index (χ0) is 8.81. The summed E-state index contributed by atoms with van der Waals surface area (Å²) in [5, 5.41) is 0. The molecule has 0 aliphatic carbocycles. The molecule has 0 saturated heterocycles. The summed E-state index contributed by atoms with van der Waals surface area (Å²) in [5.41, 5.74) is 1.24. The van der Waals surface area contributed by atoms with E-state index in [-0.39, 0.29) is 0 Å². The summed E-state index contributed by atoms with van der Waals surface area (Å²) in [4.78, 5) is 2.33. The number of unbranched alkanes of at least 4 members (excludes halogenated alkanes) is 1. The fourth-order valence-corrected chi connectivity index (χ4v) is 1.22. The van der Waals surface area contributed by atoms with Gasteiger partial charge < -0.3 is 4.90 Å². The van der Waals surface area contributed by atoms with Crippen molar-refractivity contribution < 1.29 is 0 Å². The van der Waals surface area contributed by atoms with Crippen LogP contribution in [0.2, 0.25) is 0 Å². The van der Waals surface area contributed by atoms with Gasteiger partial charge in [-0.25, -0.2) is 0 Å². The second kappa shape index (κ2) is 4.81. The Hall–Kier alpha value is -0.980. The zero-order valence-corrected chi connectivity index (χ0v) is 7.79. The highest BCUT2D eigenvalue weighted by Crippen LogP contribution is 2.08. The van der Waals surface area contributed by atoms with Gasteiger partial charge in [0.05, 0.1) is 0 Å². The highest BCUT2D eigenvalue weighted by atomic mass is 15.1. The lowest BCUT2D eigenvalue weighted by molar-refractivity contribution is 0.400. The fraction of sp³-hybridized carbons (Fsp3) is 0.455. The lowest BCUT2D eigenvalue weighted by Gasteiger charge is -2.21. The maximum atomic E-state index is 3.73. The highest BCUT2D eigenvalue weighted by molar-refractivity contribution is 5.31. The summed E-state index contributed by atoms with van der Waals surface area (Å²) in [6.45, 7) is 8.17. The van der Waals surface area contributed by atoms with Crippen molar-refractivity contribution in [1.82, 2.24) is 4.90 Å². The molecule has 0 saturated carbocycles. The van der Waals surface area contributed by atoms with E-state index in [0.717, 1.165) is 6.54 Å². The molecule has 0 aromatic carbocycles. The van der Waals surface area contributed by atoms with E-state index in [4.69, 9.17) is 0 Å². The molecule has 1 aliphatic heterocycles. The fourth-order valence-electron chi connectivity index (χ4n) is 1.22. The Labute approximate surface area is 75.1 Å². The van der Waals surface area contributed by atoms with Crippen LogP contribution in [-0.4, -0.2) is 18.0 Å². The lowest BCUT2D eigenvalue weighted by atomic mass is 10.2. The second-order valence-electron chi connectivity index (χ2n) is 3.07. The molecule has 12 heavy (non-hydrogen) atoms. The van der Waals surface area contributed by atoms with E-state index in [1.807, 2.05) is 6.08 Å². The van der Waals surface area contributed by atoms with Crippen molar-refractivity contribution in [1.29, 1.82) is 0 Å². The summed E-state index contributed by atoms with van der Waals surface area (Å²) in [5.74, 6) is 0. The Balaban J connectivity index is 2.32. The molecule has 66 valence electrons.